The van der Waals surface area contributed by atoms with Crippen LogP contribution in [0.4, 0.5) is 16.2 Å². The predicted octanol–water partition coefficient (Wildman–Crippen LogP) is 4.05. The number of para-hydroxylation sites is 1. The third-order valence-electron chi connectivity index (χ3n) is 5.88. The molecular weight excluding hydrogens is 390 g/mol. The van der Waals surface area contributed by atoms with Gasteiger partial charge in [-0.05, 0) is 37.1 Å². The Morgan fingerprint density at radius 2 is 1.90 bits per heavy atom. The average Bonchev–Trinajstić information content (AvgIpc) is 2.90. The SMILES string of the molecule is CN1C(=O)C(NC(=O)Nc2cccc(C#N)c2)N=C(C2CCCCC2)c2ccccc21. The van der Waals surface area contributed by atoms with Gasteiger partial charge in [-0.2, -0.15) is 5.26 Å². The molecule has 1 aliphatic heterocycles. The molecule has 31 heavy (non-hydrogen) atoms. The van der Waals surface area contributed by atoms with E-state index in [1.54, 1.807) is 36.2 Å². The molecule has 7 nitrogen and oxygen atoms in total. The first-order valence-corrected chi connectivity index (χ1v) is 10.6. The van der Waals surface area contributed by atoms with Crippen LogP contribution in [-0.2, 0) is 4.79 Å². The van der Waals surface area contributed by atoms with Crippen molar-refractivity contribution < 1.29 is 9.59 Å². The van der Waals surface area contributed by atoms with Gasteiger partial charge in [-0.3, -0.25) is 9.79 Å². The molecule has 7 heteroatoms. The van der Waals surface area contributed by atoms with E-state index < -0.39 is 12.2 Å². The number of benzodiazepines with no additional fused rings is 1. The van der Waals surface area contributed by atoms with Crippen LogP contribution in [0.2, 0.25) is 0 Å². The monoisotopic (exact) mass is 415 g/mol. The summed E-state index contributed by atoms with van der Waals surface area (Å²) in [6.45, 7) is 0. The van der Waals surface area contributed by atoms with Crippen molar-refractivity contribution >= 4 is 29.0 Å². The van der Waals surface area contributed by atoms with Gasteiger partial charge in [0.15, 0.2) is 0 Å². The van der Waals surface area contributed by atoms with Gasteiger partial charge in [0.2, 0.25) is 6.17 Å². The summed E-state index contributed by atoms with van der Waals surface area (Å²) >= 11 is 0. The second kappa shape index (κ2) is 9.00. The van der Waals surface area contributed by atoms with Crippen LogP contribution in [0.3, 0.4) is 0 Å². The Kier molecular flexibility index (Phi) is 5.99. The van der Waals surface area contributed by atoms with Crippen LogP contribution >= 0.6 is 0 Å². The minimum Gasteiger partial charge on any atom is -0.311 e. The van der Waals surface area contributed by atoms with Gasteiger partial charge in [0, 0.05) is 24.2 Å². The lowest BCUT2D eigenvalue weighted by molar-refractivity contribution is -0.119. The number of carbonyl (C=O) groups is 2. The lowest BCUT2D eigenvalue weighted by Crippen LogP contribution is -2.47. The number of nitrogens with one attached hydrogen (secondary N) is 2. The van der Waals surface area contributed by atoms with E-state index in [2.05, 4.69) is 10.6 Å². The van der Waals surface area contributed by atoms with Crippen molar-refractivity contribution in [3.05, 3.63) is 59.7 Å². The molecule has 0 spiro atoms. The van der Waals surface area contributed by atoms with Crippen LogP contribution < -0.4 is 15.5 Å². The molecule has 1 aliphatic carbocycles. The number of likely N-dealkylation sites (N-methyl/N-ethyl adjacent to an activating group) is 1. The van der Waals surface area contributed by atoms with Gasteiger partial charge in [-0.25, -0.2) is 4.79 Å². The number of urea groups is 1. The molecule has 158 valence electrons. The first kappa shape index (κ1) is 20.6. The van der Waals surface area contributed by atoms with E-state index in [1.807, 2.05) is 30.3 Å². The quantitative estimate of drug-likeness (QED) is 0.791. The third-order valence-corrected chi connectivity index (χ3v) is 5.88. The number of aliphatic imine (C=N–C) groups is 1. The number of carbonyl (C=O) groups excluding carboxylic acids is 2. The number of anilines is 2. The average molecular weight is 415 g/mol. The molecule has 4 rings (SSSR count). The second-order valence-electron chi connectivity index (χ2n) is 7.96. The van der Waals surface area contributed by atoms with Gasteiger partial charge in [-0.1, -0.05) is 43.5 Å². The molecule has 0 aromatic heterocycles. The van der Waals surface area contributed by atoms with Gasteiger partial charge in [-0.15, -0.1) is 0 Å². The van der Waals surface area contributed by atoms with Gasteiger partial charge >= 0.3 is 6.03 Å². The molecule has 0 bridgehead atoms. The second-order valence-corrected chi connectivity index (χ2v) is 7.96. The van der Waals surface area contributed by atoms with E-state index in [0.717, 1.165) is 42.6 Å². The summed E-state index contributed by atoms with van der Waals surface area (Å²) in [5.41, 5.74) is 3.58. The minimum atomic E-state index is -1.02. The highest BCUT2D eigenvalue weighted by Crippen LogP contribution is 2.33. The minimum absolute atomic E-state index is 0.272. The van der Waals surface area contributed by atoms with Crippen molar-refractivity contribution in [1.29, 1.82) is 5.26 Å². The molecule has 2 aliphatic rings. The summed E-state index contributed by atoms with van der Waals surface area (Å²) in [5.74, 6) is -0.0203. The highest BCUT2D eigenvalue weighted by atomic mass is 16.2. The number of benzene rings is 2. The van der Waals surface area contributed by atoms with E-state index in [9.17, 15) is 9.59 Å². The van der Waals surface area contributed by atoms with E-state index in [0.29, 0.717) is 11.3 Å². The number of amides is 3. The molecule has 1 atom stereocenters. The highest BCUT2D eigenvalue weighted by molar-refractivity contribution is 6.14. The zero-order valence-electron chi connectivity index (χ0n) is 17.5. The molecule has 1 fully saturated rings. The highest BCUT2D eigenvalue weighted by Gasteiger charge is 2.33. The number of fused-ring (bicyclic) bond motifs is 1. The normalized spacial score (nSPS) is 19.0. The topological polar surface area (TPSA) is 97.6 Å². The number of rotatable bonds is 3. The fourth-order valence-electron chi connectivity index (χ4n) is 4.30. The van der Waals surface area contributed by atoms with Crippen LogP contribution in [-0.4, -0.2) is 30.9 Å². The fourth-order valence-corrected chi connectivity index (χ4v) is 4.30. The van der Waals surface area contributed by atoms with Crippen LogP contribution in [0.5, 0.6) is 0 Å². The Bertz CT molecular complexity index is 1070. The standard InChI is InChI=1S/C24H25N5O2/c1-29-20-13-6-5-12-19(20)21(17-9-3-2-4-10-17)27-22(23(29)30)28-24(31)26-18-11-7-8-16(14-18)15-25/h5-8,11-14,17,22H,2-4,9-10H2,1H3,(H2,26,28,31). The van der Waals surface area contributed by atoms with Crippen molar-refractivity contribution in [3.63, 3.8) is 0 Å². The maximum atomic E-state index is 13.2. The summed E-state index contributed by atoms with van der Waals surface area (Å²) in [5, 5.41) is 14.5. The third kappa shape index (κ3) is 4.43. The van der Waals surface area contributed by atoms with E-state index in [4.69, 9.17) is 10.3 Å². The number of hydrogen-bond acceptors (Lipinski definition) is 4. The molecule has 1 heterocycles. The van der Waals surface area contributed by atoms with Crippen LogP contribution in [0.1, 0.15) is 43.2 Å². The lowest BCUT2D eigenvalue weighted by Gasteiger charge is -2.25. The Morgan fingerprint density at radius 1 is 1.13 bits per heavy atom. The summed E-state index contributed by atoms with van der Waals surface area (Å²) < 4.78 is 0. The summed E-state index contributed by atoms with van der Waals surface area (Å²) in [4.78, 5) is 32.2. The van der Waals surface area contributed by atoms with Crippen molar-refractivity contribution in [2.75, 3.05) is 17.3 Å². The Morgan fingerprint density at radius 3 is 2.68 bits per heavy atom. The predicted molar refractivity (Wildman–Crippen MR) is 120 cm³/mol. The largest absolute Gasteiger partial charge is 0.321 e. The Hall–Kier alpha value is -3.66. The number of hydrogen-bond donors (Lipinski definition) is 2. The molecule has 1 saturated carbocycles. The van der Waals surface area contributed by atoms with Crippen LogP contribution in [0.15, 0.2) is 53.5 Å². The summed E-state index contributed by atoms with van der Waals surface area (Å²) in [6, 6.07) is 15.9. The van der Waals surface area contributed by atoms with Crippen LogP contribution in [0, 0.1) is 17.2 Å². The molecule has 2 aromatic rings. The van der Waals surface area contributed by atoms with Crippen molar-refractivity contribution in [1.82, 2.24) is 5.32 Å². The molecule has 0 radical (unpaired) electrons. The Balaban J connectivity index is 1.62. The van der Waals surface area contributed by atoms with Gasteiger partial charge in [0.1, 0.15) is 0 Å². The van der Waals surface area contributed by atoms with Gasteiger partial charge < -0.3 is 15.5 Å². The summed E-state index contributed by atoms with van der Waals surface area (Å²) in [6.07, 6.45) is 4.55. The molecule has 2 N–H and O–H groups in total. The Labute approximate surface area is 181 Å². The van der Waals surface area contributed by atoms with Crippen LogP contribution in [0.25, 0.3) is 0 Å². The van der Waals surface area contributed by atoms with E-state index in [-0.39, 0.29) is 11.8 Å². The van der Waals surface area contributed by atoms with Gasteiger partial charge in [0.25, 0.3) is 5.91 Å². The smallest absolute Gasteiger partial charge is 0.311 e. The molecule has 0 saturated heterocycles. The maximum absolute atomic E-state index is 13.2. The van der Waals surface area contributed by atoms with Crippen molar-refractivity contribution in [2.45, 2.75) is 38.3 Å². The molecule has 1 unspecified atom stereocenters. The number of nitriles is 1. The van der Waals surface area contributed by atoms with E-state index in [1.165, 1.54) is 6.42 Å². The van der Waals surface area contributed by atoms with Crippen molar-refractivity contribution in [3.8, 4) is 6.07 Å². The summed E-state index contributed by atoms with van der Waals surface area (Å²) in [7, 11) is 1.71. The van der Waals surface area contributed by atoms with Gasteiger partial charge in [0.05, 0.1) is 23.0 Å². The fraction of sp³-hybridized carbons (Fsp3) is 0.333. The zero-order chi connectivity index (χ0) is 21.8. The molecular formula is C24H25N5O2. The molecule has 2 aromatic carbocycles. The maximum Gasteiger partial charge on any atom is 0.321 e. The van der Waals surface area contributed by atoms with E-state index >= 15 is 0 Å². The first-order valence-electron chi connectivity index (χ1n) is 10.6. The molecule has 3 amide bonds. The lowest BCUT2D eigenvalue weighted by atomic mass is 9.83. The van der Waals surface area contributed by atoms with Crippen molar-refractivity contribution in [2.24, 2.45) is 10.9 Å². The number of nitrogens with zero attached hydrogens (tertiary/aromatic N) is 3. The first-order chi connectivity index (χ1) is 15.1. The zero-order valence-corrected chi connectivity index (χ0v) is 17.5.